The van der Waals surface area contributed by atoms with Crippen molar-refractivity contribution in [3.05, 3.63) is 52.4 Å². The second-order valence-electron chi connectivity index (χ2n) is 5.26. The SMILES string of the molecule is CCc1noc(C)c1C(=O)NCC(O)c1cccc(C(F)(F)F)c1. The fourth-order valence-electron chi connectivity index (χ4n) is 2.27. The van der Waals surface area contributed by atoms with Gasteiger partial charge in [0.25, 0.3) is 5.91 Å². The minimum Gasteiger partial charge on any atom is -0.387 e. The molecule has 1 unspecified atom stereocenters. The third-order valence-electron chi connectivity index (χ3n) is 3.55. The Balaban J connectivity index is 2.07. The van der Waals surface area contributed by atoms with Gasteiger partial charge in [-0.05, 0) is 31.0 Å². The van der Waals surface area contributed by atoms with E-state index in [0.717, 1.165) is 12.1 Å². The van der Waals surface area contributed by atoms with Gasteiger partial charge in [0.1, 0.15) is 11.3 Å². The summed E-state index contributed by atoms with van der Waals surface area (Å²) in [5.74, 6) is -0.144. The summed E-state index contributed by atoms with van der Waals surface area (Å²) in [6, 6.07) is 4.36. The van der Waals surface area contributed by atoms with Crippen molar-refractivity contribution in [3.63, 3.8) is 0 Å². The molecular weight excluding hydrogens is 325 g/mol. The quantitative estimate of drug-likeness (QED) is 0.876. The number of aliphatic hydroxyl groups excluding tert-OH is 1. The highest BCUT2D eigenvalue weighted by molar-refractivity contribution is 5.96. The predicted octanol–water partition coefficient (Wildman–Crippen LogP) is 3.03. The minimum atomic E-state index is -4.49. The van der Waals surface area contributed by atoms with Crippen molar-refractivity contribution in [3.8, 4) is 0 Å². The number of benzene rings is 1. The molecule has 1 amide bonds. The van der Waals surface area contributed by atoms with Crippen molar-refractivity contribution in [2.45, 2.75) is 32.5 Å². The molecule has 2 aromatic rings. The molecule has 8 heteroatoms. The number of aromatic nitrogens is 1. The Bertz CT molecular complexity index is 726. The number of aryl methyl sites for hydroxylation is 2. The molecule has 5 nitrogen and oxygen atoms in total. The van der Waals surface area contributed by atoms with Crippen LogP contribution in [0.15, 0.2) is 28.8 Å². The second kappa shape index (κ2) is 7.04. The number of hydrogen-bond acceptors (Lipinski definition) is 4. The van der Waals surface area contributed by atoms with Crippen molar-refractivity contribution in [1.82, 2.24) is 10.5 Å². The lowest BCUT2D eigenvalue weighted by molar-refractivity contribution is -0.137. The Hall–Kier alpha value is -2.35. The number of alkyl halides is 3. The van der Waals surface area contributed by atoms with Crippen molar-refractivity contribution in [2.75, 3.05) is 6.54 Å². The summed E-state index contributed by atoms with van der Waals surface area (Å²) in [6.07, 6.45) is -5.26. The van der Waals surface area contributed by atoms with Gasteiger partial charge in [-0.3, -0.25) is 4.79 Å². The highest BCUT2D eigenvalue weighted by atomic mass is 19.4. The first-order valence-corrected chi connectivity index (χ1v) is 7.32. The van der Waals surface area contributed by atoms with E-state index >= 15 is 0 Å². The van der Waals surface area contributed by atoms with Crippen LogP contribution in [0.1, 0.15) is 46.0 Å². The number of nitrogens with zero attached hydrogens (tertiary/aromatic N) is 1. The number of amides is 1. The van der Waals surface area contributed by atoms with Gasteiger partial charge in [0.15, 0.2) is 0 Å². The maximum Gasteiger partial charge on any atom is 0.416 e. The van der Waals surface area contributed by atoms with E-state index in [0.29, 0.717) is 17.9 Å². The van der Waals surface area contributed by atoms with Crippen LogP contribution in [0, 0.1) is 6.92 Å². The van der Waals surface area contributed by atoms with Gasteiger partial charge < -0.3 is 14.9 Å². The molecule has 2 rings (SSSR count). The van der Waals surface area contributed by atoms with E-state index in [1.54, 1.807) is 6.92 Å². The number of nitrogens with one attached hydrogen (secondary N) is 1. The maximum absolute atomic E-state index is 12.7. The molecule has 0 bridgehead atoms. The number of aliphatic hydroxyl groups is 1. The first-order valence-electron chi connectivity index (χ1n) is 7.32. The lowest BCUT2D eigenvalue weighted by Gasteiger charge is -2.14. The van der Waals surface area contributed by atoms with Crippen LogP contribution in [0.2, 0.25) is 0 Å². The molecule has 0 aliphatic carbocycles. The Morgan fingerprint density at radius 2 is 2.12 bits per heavy atom. The lowest BCUT2D eigenvalue weighted by Crippen LogP contribution is -2.29. The molecule has 1 aromatic heterocycles. The molecular formula is C16H17F3N2O3. The smallest absolute Gasteiger partial charge is 0.387 e. The number of halogens is 3. The fourth-order valence-corrected chi connectivity index (χ4v) is 2.27. The van der Waals surface area contributed by atoms with Gasteiger partial charge in [-0.15, -0.1) is 0 Å². The summed E-state index contributed by atoms with van der Waals surface area (Å²) in [4.78, 5) is 12.2. The van der Waals surface area contributed by atoms with Gasteiger partial charge in [-0.1, -0.05) is 24.2 Å². The number of carbonyl (C=O) groups is 1. The molecule has 1 heterocycles. The van der Waals surface area contributed by atoms with Gasteiger partial charge in [0.05, 0.1) is 17.4 Å². The van der Waals surface area contributed by atoms with E-state index in [1.807, 2.05) is 6.92 Å². The standard InChI is InChI=1S/C16H17F3N2O3/c1-3-12-14(9(2)24-21-12)15(23)20-8-13(22)10-5-4-6-11(7-10)16(17,18)19/h4-7,13,22H,3,8H2,1-2H3,(H,20,23). The average Bonchev–Trinajstić information content (AvgIpc) is 2.92. The van der Waals surface area contributed by atoms with Gasteiger partial charge >= 0.3 is 6.18 Å². The van der Waals surface area contributed by atoms with E-state index in [-0.39, 0.29) is 17.7 Å². The molecule has 0 aliphatic heterocycles. The van der Waals surface area contributed by atoms with E-state index in [1.165, 1.54) is 12.1 Å². The molecule has 0 radical (unpaired) electrons. The molecule has 0 aliphatic rings. The van der Waals surface area contributed by atoms with Gasteiger partial charge in [-0.2, -0.15) is 13.2 Å². The van der Waals surface area contributed by atoms with Gasteiger partial charge in [0, 0.05) is 6.54 Å². The Morgan fingerprint density at radius 1 is 1.42 bits per heavy atom. The number of hydrogen-bond donors (Lipinski definition) is 2. The van der Waals surface area contributed by atoms with Crippen LogP contribution >= 0.6 is 0 Å². The Labute approximate surface area is 136 Å². The van der Waals surface area contributed by atoms with Crippen molar-refractivity contribution in [1.29, 1.82) is 0 Å². The number of rotatable bonds is 5. The molecule has 0 spiro atoms. The predicted molar refractivity (Wildman–Crippen MR) is 79.4 cm³/mol. The molecule has 1 atom stereocenters. The monoisotopic (exact) mass is 342 g/mol. The third-order valence-corrected chi connectivity index (χ3v) is 3.55. The summed E-state index contributed by atoms with van der Waals surface area (Å²) >= 11 is 0. The zero-order chi connectivity index (χ0) is 17.9. The summed E-state index contributed by atoms with van der Waals surface area (Å²) in [5, 5.41) is 16.3. The van der Waals surface area contributed by atoms with E-state index < -0.39 is 23.8 Å². The fraction of sp³-hybridized carbons (Fsp3) is 0.375. The van der Waals surface area contributed by atoms with Crippen LogP contribution in [0.25, 0.3) is 0 Å². The molecule has 1 aromatic carbocycles. The number of carbonyl (C=O) groups excluding carboxylic acids is 1. The van der Waals surface area contributed by atoms with E-state index in [4.69, 9.17) is 4.52 Å². The topological polar surface area (TPSA) is 75.4 Å². The maximum atomic E-state index is 12.7. The zero-order valence-corrected chi connectivity index (χ0v) is 13.1. The molecule has 0 saturated carbocycles. The van der Waals surface area contributed by atoms with Crippen LogP contribution in [0.4, 0.5) is 13.2 Å². The molecule has 2 N–H and O–H groups in total. The molecule has 0 saturated heterocycles. The Morgan fingerprint density at radius 3 is 2.75 bits per heavy atom. The van der Waals surface area contributed by atoms with Crippen molar-refractivity contribution in [2.24, 2.45) is 0 Å². The first kappa shape index (κ1) is 18.0. The molecule has 24 heavy (non-hydrogen) atoms. The largest absolute Gasteiger partial charge is 0.416 e. The third kappa shape index (κ3) is 3.94. The summed E-state index contributed by atoms with van der Waals surface area (Å²) in [7, 11) is 0. The summed E-state index contributed by atoms with van der Waals surface area (Å²) in [6.45, 7) is 3.17. The summed E-state index contributed by atoms with van der Waals surface area (Å²) in [5.41, 5.74) is -0.0105. The zero-order valence-electron chi connectivity index (χ0n) is 13.1. The van der Waals surface area contributed by atoms with Crippen molar-refractivity contribution < 1.29 is 27.6 Å². The highest BCUT2D eigenvalue weighted by Gasteiger charge is 2.31. The second-order valence-corrected chi connectivity index (χ2v) is 5.26. The minimum absolute atomic E-state index is 0.0721. The van der Waals surface area contributed by atoms with Gasteiger partial charge in [0.2, 0.25) is 0 Å². The molecule has 0 fully saturated rings. The van der Waals surface area contributed by atoms with Crippen LogP contribution in [-0.2, 0) is 12.6 Å². The van der Waals surface area contributed by atoms with Gasteiger partial charge in [-0.25, -0.2) is 0 Å². The van der Waals surface area contributed by atoms with Crippen LogP contribution in [-0.4, -0.2) is 22.7 Å². The van der Waals surface area contributed by atoms with Crippen LogP contribution in [0.3, 0.4) is 0 Å². The van der Waals surface area contributed by atoms with Crippen molar-refractivity contribution >= 4 is 5.91 Å². The first-order chi connectivity index (χ1) is 11.2. The van der Waals surface area contributed by atoms with E-state index in [9.17, 15) is 23.1 Å². The Kier molecular flexibility index (Phi) is 5.28. The average molecular weight is 342 g/mol. The molecule has 130 valence electrons. The summed E-state index contributed by atoms with van der Waals surface area (Å²) < 4.78 is 43.0. The van der Waals surface area contributed by atoms with Crippen LogP contribution in [0.5, 0.6) is 0 Å². The lowest BCUT2D eigenvalue weighted by atomic mass is 10.1. The highest BCUT2D eigenvalue weighted by Crippen LogP contribution is 2.30. The normalized spacial score (nSPS) is 12.9. The van der Waals surface area contributed by atoms with E-state index in [2.05, 4.69) is 10.5 Å². The van der Waals surface area contributed by atoms with Crippen LogP contribution < -0.4 is 5.32 Å².